The van der Waals surface area contributed by atoms with Gasteiger partial charge in [-0.2, -0.15) is 0 Å². The topological polar surface area (TPSA) is 305 Å². The summed E-state index contributed by atoms with van der Waals surface area (Å²) in [7, 11) is 10.1. The summed E-state index contributed by atoms with van der Waals surface area (Å²) in [6.45, 7) is 29.6. The normalized spacial score (nSPS) is 16.0. The molecule has 25 nitrogen and oxygen atoms in total. The number of rotatable bonds is 36. The van der Waals surface area contributed by atoms with Crippen LogP contribution in [0.5, 0.6) is 0 Å². The van der Waals surface area contributed by atoms with Crippen LogP contribution in [-0.2, 0) is 67.3 Å². The second kappa shape index (κ2) is 37.9. The van der Waals surface area contributed by atoms with Crippen LogP contribution in [0.1, 0.15) is 187 Å². The number of carbonyl (C=O) groups is 11. The van der Waals surface area contributed by atoms with Gasteiger partial charge in [-0.1, -0.05) is 96.9 Å². The lowest BCUT2D eigenvalue weighted by atomic mass is 9.90. The van der Waals surface area contributed by atoms with Crippen molar-refractivity contribution in [2.24, 2.45) is 41.4 Å². The Hall–Kier alpha value is -6.66. The van der Waals surface area contributed by atoms with E-state index in [1.165, 1.54) is 80.6 Å². The Morgan fingerprint density at radius 1 is 0.554 bits per heavy atom. The Labute approximate surface area is 549 Å². The second-order valence-electron chi connectivity index (χ2n) is 28.1. The quantitative estimate of drug-likeness (QED) is 0.0530. The molecule has 2 rings (SSSR count). The number of hydrogen-bond acceptors (Lipinski definition) is 13. The van der Waals surface area contributed by atoms with Crippen LogP contribution in [0.3, 0.4) is 0 Å². The lowest BCUT2D eigenvalue weighted by molar-refractivity contribution is -0.156. The smallest absolute Gasteiger partial charge is 0.321 e. The lowest BCUT2D eigenvalue weighted by Crippen LogP contribution is -2.63. The highest BCUT2D eigenvalue weighted by molar-refractivity contribution is 6.00. The molecule has 0 unspecified atom stereocenters. The van der Waals surface area contributed by atoms with Crippen molar-refractivity contribution in [1.82, 2.24) is 65.5 Å². The van der Waals surface area contributed by atoms with E-state index in [1.54, 1.807) is 48.6 Å². The summed E-state index contributed by atoms with van der Waals surface area (Å²) < 4.78 is 2.18. The van der Waals surface area contributed by atoms with Gasteiger partial charge in [0.25, 0.3) is 0 Å². The zero-order valence-corrected chi connectivity index (χ0v) is 60.1. The van der Waals surface area contributed by atoms with Crippen molar-refractivity contribution < 1.29 is 57.8 Å². The van der Waals surface area contributed by atoms with Crippen molar-refractivity contribution in [3.63, 3.8) is 0 Å². The Morgan fingerprint density at radius 2 is 1.09 bits per heavy atom. The molecule has 0 fully saturated rings. The van der Waals surface area contributed by atoms with E-state index in [4.69, 9.17) is 4.98 Å². The van der Waals surface area contributed by atoms with E-state index in [0.717, 1.165) is 42.2 Å². The van der Waals surface area contributed by atoms with Crippen LogP contribution in [-0.4, -0.2) is 219 Å². The van der Waals surface area contributed by atoms with Gasteiger partial charge in [-0.05, 0) is 119 Å². The maximum Gasteiger partial charge on any atom is 0.321 e. The van der Waals surface area contributed by atoms with Gasteiger partial charge in [0, 0.05) is 74.9 Å². The summed E-state index contributed by atoms with van der Waals surface area (Å²) in [5.74, 6) is -6.68. The average molecular weight is 1300 g/mol. The zero-order valence-electron chi connectivity index (χ0n) is 60.1. The maximum absolute atomic E-state index is 15.2. The molecule has 0 saturated heterocycles. The van der Waals surface area contributed by atoms with Crippen LogP contribution in [0.15, 0.2) is 6.20 Å². The van der Waals surface area contributed by atoms with E-state index in [1.807, 2.05) is 55.4 Å². The van der Waals surface area contributed by atoms with Gasteiger partial charge in [0.2, 0.25) is 59.1 Å². The maximum atomic E-state index is 15.2. The Bertz CT molecular complexity index is 2620. The fourth-order valence-electron chi connectivity index (χ4n) is 11.7. The molecule has 0 saturated carbocycles. The molecule has 1 aromatic rings. The minimum atomic E-state index is -1.58. The standard InChI is InChI=1S/C67H119N13O12/c1-24-48(63(88)74(18)46(16)62(87)76(20)50(35-40(6)7)60(85)72-54(42(10)11)65(90)77(21)49(34-39(4)5)59(84)69-45(15)58(83)73-67(92)68-17)71-61(86)56(57(82)44(14)28-27-29-47-37-80-33-26-25-30-52(80)70-47)79(23)66(91)55(43(12)13)78(22)64(89)51(36-41(8)9)75(19)53(81)32-31-38(2)3/h37-46,48-51,54-57,82H,24-36H2,1-23H3,(H,69,84)(H,71,86)(H,72,85)(H2,68,73,83,92)/t44-,45-,46-,48+,49+,50+,51+,54+,55+,56+,57-/m1/s1. The number of amides is 12. The summed E-state index contributed by atoms with van der Waals surface area (Å²) in [6, 6.07) is -11.5. The van der Waals surface area contributed by atoms with Crippen LogP contribution >= 0.6 is 0 Å². The van der Waals surface area contributed by atoms with Crippen molar-refractivity contribution in [2.75, 3.05) is 49.3 Å². The number of aliphatic hydroxyl groups excluding tert-OH is 1. The second-order valence-corrected chi connectivity index (χ2v) is 28.1. The molecule has 1 aliphatic rings. The predicted octanol–water partition coefficient (Wildman–Crippen LogP) is 4.75. The molecule has 92 heavy (non-hydrogen) atoms. The van der Waals surface area contributed by atoms with Gasteiger partial charge in [-0.3, -0.25) is 53.3 Å². The number of nitrogens with zero attached hydrogens (tertiary/aromatic N) is 8. The predicted molar refractivity (Wildman–Crippen MR) is 355 cm³/mol. The molecule has 0 aromatic carbocycles. The first-order valence-corrected chi connectivity index (χ1v) is 33.5. The SMILES string of the molecule is CC[C@H](NC(=O)[C@H]([C@H](O)[C@H](C)CCCc1cn2c(n1)CCCC2)N(C)C(=O)[C@H](C(C)C)N(C)C(=O)[C@H](CC(C)C)N(C)C(=O)CCC(C)C)C(=O)N(C)[C@H](C)C(=O)N(C)[C@@H](CC(C)C)C(=O)N[C@H](C(=O)N(C)[C@@H](CC(C)C)C(=O)N[C@H](C)C(=O)NC(=O)NC)C(C)C. The molecule has 25 heteroatoms. The van der Waals surface area contributed by atoms with Crippen LogP contribution in [0, 0.1) is 41.4 Å². The summed E-state index contributed by atoms with van der Waals surface area (Å²) in [5.41, 5.74) is 0.931. The van der Waals surface area contributed by atoms with Gasteiger partial charge >= 0.3 is 6.03 Å². The number of aromatic nitrogens is 2. The summed E-state index contributed by atoms with van der Waals surface area (Å²) in [4.78, 5) is 168. The first-order chi connectivity index (χ1) is 42.7. The lowest BCUT2D eigenvalue weighted by Gasteiger charge is -2.41. The van der Waals surface area contributed by atoms with Crippen molar-refractivity contribution in [3.8, 4) is 0 Å². The molecule has 1 aromatic heterocycles. The number of fused-ring (bicyclic) bond motifs is 1. The first-order valence-electron chi connectivity index (χ1n) is 33.5. The summed E-state index contributed by atoms with van der Waals surface area (Å²) in [5, 5.41) is 25.1. The molecule has 0 bridgehead atoms. The minimum Gasteiger partial charge on any atom is -0.390 e. The third-order valence-corrected chi connectivity index (χ3v) is 17.8. The molecule has 12 amide bonds. The van der Waals surface area contributed by atoms with E-state index in [-0.39, 0.29) is 55.3 Å². The molecule has 1 aliphatic heterocycles. The fourth-order valence-corrected chi connectivity index (χ4v) is 11.7. The Kier molecular flexibility index (Phi) is 33.5. The van der Waals surface area contributed by atoms with Crippen molar-refractivity contribution in [2.45, 2.75) is 255 Å². The zero-order chi connectivity index (χ0) is 70.5. The number of likely N-dealkylation sites (N-methyl/N-ethyl adjacent to an activating group) is 6. The number of aliphatic hydroxyl groups is 1. The van der Waals surface area contributed by atoms with Crippen LogP contribution in [0.2, 0.25) is 0 Å². The molecular formula is C67H119N13O12. The molecular weight excluding hydrogens is 1180 g/mol. The van der Waals surface area contributed by atoms with Gasteiger partial charge in [0.05, 0.1) is 11.8 Å². The van der Waals surface area contributed by atoms with Gasteiger partial charge < -0.3 is 60.3 Å². The monoisotopic (exact) mass is 1300 g/mol. The van der Waals surface area contributed by atoms with E-state index in [9.17, 15) is 48.3 Å². The Morgan fingerprint density at radius 3 is 1.59 bits per heavy atom. The third kappa shape index (κ3) is 23.4. The average Bonchev–Trinajstić information content (AvgIpc) is 1.04. The number of urea groups is 1. The number of carbonyl (C=O) groups excluding carboxylic acids is 11. The molecule has 0 radical (unpaired) electrons. The van der Waals surface area contributed by atoms with Crippen LogP contribution in [0.4, 0.5) is 4.79 Å². The number of nitrogens with one attached hydrogen (secondary N) is 5. The highest BCUT2D eigenvalue weighted by Gasteiger charge is 2.45. The van der Waals surface area contributed by atoms with Gasteiger partial charge in [-0.15, -0.1) is 0 Å². The van der Waals surface area contributed by atoms with Crippen LogP contribution in [0.25, 0.3) is 0 Å². The summed E-state index contributed by atoms with van der Waals surface area (Å²) in [6.07, 6.45) is 6.87. The molecule has 0 aliphatic carbocycles. The van der Waals surface area contributed by atoms with Gasteiger partial charge in [-0.25, -0.2) is 9.78 Å². The molecule has 0 spiro atoms. The molecule has 524 valence electrons. The van der Waals surface area contributed by atoms with Gasteiger partial charge in [0.15, 0.2) is 0 Å². The highest BCUT2D eigenvalue weighted by atomic mass is 16.3. The Balaban J connectivity index is 2.55. The number of aryl methyl sites for hydroxylation is 3. The number of imide groups is 1. The molecule has 11 atom stereocenters. The van der Waals surface area contributed by atoms with Crippen molar-refractivity contribution in [3.05, 3.63) is 17.7 Å². The molecule has 6 N–H and O–H groups in total. The van der Waals surface area contributed by atoms with E-state index >= 15 is 9.59 Å². The molecule has 2 heterocycles. The third-order valence-electron chi connectivity index (χ3n) is 17.8. The largest absolute Gasteiger partial charge is 0.390 e. The van der Waals surface area contributed by atoms with E-state index < -0.39 is 137 Å². The van der Waals surface area contributed by atoms with E-state index in [0.29, 0.717) is 32.1 Å². The van der Waals surface area contributed by atoms with Gasteiger partial charge in [0.1, 0.15) is 60.2 Å². The van der Waals surface area contributed by atoms with Crippen molar-refractivity contribution in [1.29, 1.82) is 0 Å². The van der Waals surface area contributed by atoms with E-state index in [2.05, 4.69) is 37.3 Å². The highest BCUT2D eigenvalue weighted by Crippen LogP contribution is 2.26. The number of imidazole rings is 1. The summed E-state index contributed by atoms with van der Waals surface area (Å²) >= 11 is 0. The fraction of sp³-hybridized carbons (Fsp3) is 0.791. The van der Waals surface area contributed by atoms with Crippen LogP contribution < -0.4 is 26.6 Å². The van der Waals surface area contributed by atoms with Crippen molar-refractivity contribution >= 4 is 65.1 Å². The first kappa shape index (κ1) is 81.4. The number of hydrogen-bond donors (Lipinski definition) is 6. The minimum absolute atomic E-state index is 0.00764.